The Morgan fingerprint density at radius 2 is 1.91 bits per heavy atom. The number of hydrogen-bond donors (Lipinski definition) is 2. The number of ketones is 1. The molecule has 4 nitrogen and oxygen atoms in total. The minimum Gasteiger partial charge on any atom is -0.387 e. The van der Waals surface area contributed by atoms with Gasteiger partial charge >= 0.3 is 0 Å². The van der Waals surface area contributed by atoms with Crippen molar-refractivity contribution >= 4 is 29.0 Å². The van der Waals surface area contributed by atoms with Crippen LogP contribution in [-0.4, -0.2) is 27.8 Å². The maximum absolute atomic E-state index is 12.6. The lowest BCUT2D eigenvalue weighted by Crippen LogP contribution is -2.64. The first-order chi connectivity index (χ1) is 10.9. The van der Waals surface area contributed by atoms with Crippen LogP contribution in [0.1, 0.15) is 39.0 Å². The van der Waals surface area contributed by atoms with E-state index in [0.29, 0.717) is 18.5 Å². The number of fused-ring (bicyclic) bond motifs is 1. The number of aliphatic hydroxyl groups is 1. The molecule has 0 heterocycles. The van der Waals surface area contributed by atoms with Gasteiger partial charge in [0.1, 0.15) is 5.38 Å². The van der Waals surface area contributed by atoms with Crippen LogP contribution < -0.4 is 5.32 Å². The SMILES string of the molecule is C[C@@]12CCCC[C@@]1(O)[C@@H](Cl)C(=O)C(C(=O)Nc1ccccc1)C2. The molecule has 1 unspecified atom stereocenters. The van der Waals surface area contributed by atoms with E-state index in [1.54, 1.807) is 12.1 Å². The summed E-state index contributed by atoms with van der Waals surface area (Å²) in [6, 6.07) is 9.07. The van der Waals surface area contributed by atoms with Crippen LogP contribution >= 0.6 is 11.6 Å². The second kappa shape index (κ2) is 5.91. The molecular formula is C18H22ClNO3. The van der Waals surface area contributed by atoms with Crippen molar-refractivity contribution in [3.63, 3.8) is 0 Å². The van der Waals surface area contributed by atoms with Crippen molar-refractivity contribution in [3.8, 4) is 0 Å². The van der Waals surface area contributed by atoms with E-state index in [0.717, 1.165) is 19.3 Å². The Balaban J connectivity index is 1.83. The molecule has 0 spiro atoms. The van der Waals surface area contributed by atoms with Crippen molar-refractivity contribution in [3.05, 3.63) is 30.3 Å². The lowest BCUT2D eigenvalue weighted by Gasteiger charge is -2.54. The van der Waals surface area contributed by atoms with E-state index in [1.165, 1.54) is 0 Å². The maximum Gasteiger partial charge on any atom is 0.235 e. The van der Waals surface area contributed by atoms with Crippen LogP contribution in [0, 0.1) is 11.3 Å². The molecule has 0 radical (unpaired) electrons. The fourth-order valence-electron chi connectivity index (χ4n) is 4.08. The Morgan fingerprint density at radius 3 is 2.61 bits per heavy atom. The smallest absolute Gasteiger partial charge is 0.235 e. The summed E-state index contributed by atoms with van der Waals surface area (Å²) in [5.74, 6) is -1.50. The predicted molar refractivity (Wildman–Crippen MR) is 89.4 cm³/mol. The summed E-state index contributed by atoms with van der Waals surface area (Å²) in [6.07, 6.45) is 3.52. The van der Waals surface area contributed by atoms with Gasteiger partial charge in [-0.25, -0.2) is 0 Å². The van der Waals surface area contributed by atoms with Gasteiger partial charge in [0.2, 0.25) is 5.91 Å². The summed E-state index contributed by atoms with van der Waals surface area (Å²) in [7, 11) is 0. The van der Waals surface area contributed by atoms with Crippen molar-refractivity contribution in [1.29, 1.82) is 0 Å². The molecule has 0 saturated heterocycles. The summed E-state index contributed by atoms with van der Waals surface area (Å²) in [5, 5.41) is 12.8. The summed E-state index contributed by atoms with van der Waals surface area (Å²) in [4.78, 5) is 25.2. The van der Waals surface area contributed by atoms with E-state index in [2.05, 4.69) is 5.32 Å². The number of anilines is 1. The molecule has 0 aliphatic heterocycles. The average Bonchev–Trinajstić information content (AvgIpc) is 2.54. The van der Waals surface area contributed by atoms with Crippen LogP contribution in [0.2, 0.25) is 0 Å². The van der Waals surface area contributed by atoms with Crippen LogP contribution in [-0.2, 0) is 9.59 Å². The molecule has 1 aromatic rings. The molecule has 2 aliphatic carbocycles. The Bertz CT molecular complexity index is 620. The Kier molecular flexibility index (Phi) is 4.23. The average molecular weight is 336 g/mol. The molecule has 2 N–H and O–H groups in total. The number of alkyl halides is 1. The van der Waals surface area contributed by atoms with E-state index in [4.69, 9.17) is 11.6 Å². The van der Waals surface area contributed by atoms with Gasteiger partial charge in [0.05, 0.1) is 11.5 Å². The van der Waals surface area contributed by atoms with Gasteiger partial charge < -0.3 is 10.4 Å². The summed E-state index contributed by atoms with van der Waals surface area (Å²) < 4.78 is 0. The predicted octanol–water partition coefficient (Wildman–Crippen LogP) is 3.13. The number of para-hydroxylation sites is 1. The molecule has 23 heavy (non-hydrogen) atoms. The van der Waals surface area contributed by atoms with E-state index < -0.39 is 22.3 Å². The summed E-state index contributed by atoms with van der Waals surface area (Å²) in [5.41, 5.74) is -1.04. The molecule has 0 bridgehead atoms. The number of carbonyl (C=O) groups is 2. The number of rotatable bonds is 2. The van der Waals surface area contributed by atoms with Crippen LogP contribution in [0.5, 0.6) is 0 Å². The number of hydrogen-bond acceptors (Lipinski definition) is 3. The standard InChI is InChI=1S/C18H22ClNO3/c1-17-9-5-6-10-18(17,23)15(19)14(21)13(11-17)16(22)20-12-7-3-2-4-8-12/h2-4,7-8,13,15,23H,5-6,9-11H2,1H3,(H,20,22)/t13?,15-,17-,18+/m0/s1. The number of benzene rings is 1. The number of Topliss-reactive ketones (excluding diaryl/α,β-unsaturated/α-hetero) is 1. The highest BCUT2D eigenvalue weighted by atomic mass is 35.5. The topological polar surface area (TPSA) is 66.4 Å². The van der Waals surface area contributed by atoms with E-state index in [1.807, 2.05) is 25.1 Å². The molecule has 4 atom stereocenters. The Hall–Kier alpha value is -1.39. The van der Waals surface area contributed by atoms with E-state index in [9.17, 15) is 14.7 Å². The summed E-state index contributed by atoms with van der Waals surface area (Å²) in [6.45, 7) is 1.96. The first-order valence-electron chi connectivity index (χ1n) is 8.13. The fourth-order valence-corrected chi connectivity index (χ4v) is 4.60. The Labute approximate surface area is 141 Å². The largest absolute Gasteiger partial charge is 0.387 e. The molecule has 1 aromatic carbocycles. The molecule has 5 heteroatoms. The molecule has 2 saturated carbocycles. The first-order valence-corrected chi connectivity index (χ1v) is 8.57. The fraction of sp³-hybridized carbons (Fsp3) is 0.556. The van der Waals surface area contributed by atoms with Crippen molar-refractivity contribution in [1.82, 2.24) is 0 Å². The van der Waals surface area contributed by atoms with Gasteiger partial charge in [0, 0.05) is 5.69 Å². The second-order valence-electron chi connectivity index (χ2n) is 7.07. The van der Waals surface area contributed by atoms with Crippen molar-refractivity contribution in [2.45, 2.75) is 50.0 Å². The lowest BCUT2D eigenvalue weighted by molar-refractivity contribution is -0.164. The molecular weight excluding hydrogens is 314 g/mol. The molecule has 2 fully saturated rings. The lowest BCUT2D eigenvalue weighted by atomic mass is 9.54. The molecule has 124 valence electrons. The quantitative estimate of drug-likeness (QED) is 0.644. The van der Waals surface area contributed by atoms with Gasteiger partial charge in [-0.15, -0.1) is 11.6 Å². The van der Waals surface area contributed by atoms with Crippen LogP contribution in [0.4, 0.5) is 5.69 Å². The van der Waals surface area contributed by atoms with Crippen LogP contribution in [0.25, 0.3) is 0 Å². The number of carbonyl (C=O) groups excluding carboxylic acids is 2. The zero-order valence-corrected chi connectivity index (χ0v) is 14.0. The number of nitrogens with one attached hydrogen (secondary N) is 1. The van der Waals surface area contributed by atoms with Gasteiger partial charge in [-0.2, -0.15) is 0 Å². The normalized spacial score (nSPS) is 37.1. The molecule has 2 aliphatic rings. The van der Waals surface area contributed by atoms with Crippen LogP contribution in [0.3, 0.4) is 0 Å². The third-order valence-electron chi connectivity index (χ3n) is 5.61. The van der Waals surface area contributed by atoms with Crippen molar-refractivity contribution in [2.75, 3.05) is 5.32 Å². The van der Waals surface area contributed by atoms with E-state index >= 15 is 0 Å². The molecule has 0 aromatic heterocycles. The van der Waals surface area contributed by atoms with E-state index in [-0.39, 0.29) is 11.7 Å². The Morgan fingerprint density at radius 1 is 1.26 bits per heavy atom. The molecule has 3 rings (SSSR count). The highest BCUT2D eigenvalue weighted by molar-refractivity contribution is 6.34. The minimum atomic E-state index is -1.20. The number of amides is 1. The van der Waals surface area contributed by atoms with Gasteiger partial charge in [0.25, 0.3) is 0 Å². The first kappa shape index (κ1) is 16.5. The maximum atomic E-state index is 12.6. The summed E-state index contributed by atoms with van der Waals surface area (Å²) >= 11 is 6.33. The zero-order valence-electron chi connectivity index (χ0n) is 13.2. The van der Waals surface area contributed by atoms with Crippen molar-refractivity contribution < 1.29 is 14.7 Å². The van der Waals surface area contributed by atoms with Crippen molar-refractivity contribution in [2.24, 2.45) is 11.3 Å². The minimum absolute atomic E-state index is 0.333. The third-order valence-corrected chi connectivity index (χ3v) is 6.18. The van der Waals surface area contributed by atoms with Gasteiger partial charge in [-0.1, -0.05) is 38.0 Å². The molecule has 1 amide bonds. The highest BCUT2D eigenvalue weighted by Crippen LogP contribution is 2.55. The van der Waals surface area contributed by atoms with Crippen LogP contribution in [0.15, 0.2) is 30.3 Å². The van der Waals surface area contributed by atoms with Gasteiger partial charge in [-0.3, -0.25) is 9.59 Å². The number of halogens is 1. The highest BCUT2D eigenvalue weighted by Gasteiger charge is 2.61. The van der Waals surface area contributed by atoms with Gasteiger partial charge in [0.15, 0.2) is 5.78 Å². The second-order valence-corrected chi connectivity index (χ2v) is 7.51. The third kappa shape index (κ3) is 2.68. The monoisotopic (exact) mass is 335 g/mol. The van der Waals surface area contributed by atoms with Gasteiger partial charge in [-0.05, 0) is 36.8 Å². The zero-order chi connectivity index (χ0) is 16.7.